The lowest BCUT2D eigenvalue weighted by Gasteiger charge is -2.22. The van der Waals surface area contributed by atoms with Crippen LogP contribution in [-0.2, 0) is 4.74 Å². The molecule has 2 N–H and O–H groups in total. The van der Waals surface area contributed by atoms with Gasteiger partial charge in [-0.2, -0.15) is 0 Å². The zero-order valence-electron chi connectivity index (χ0n) is 13.8. The monoisotopic (exact) mass is 284 g/mol. The molecule has 1 saturated heterocycles. The first-order valence-corrected chi connectivity index (χ1v) is 8.82. The van der Waals surface area contributed by atoms with Gasteiger partial charge in [0.05, 0.1) is 6.10 Å². The lowest BCUT2D eigenvalue weighted by molar-refractivity contribution is 0.0318. The summed E-state index contributed by atoms with van der Waals surface area (Å²) in [5.41, 5.74) is 0. The van der Waals surface area contributed by atoms with Crippen LogP contribution in [0.25, 0.3) is 0 Å². The van der Waals surface area contributed by atoms with E-state index in [4.69, 9.17) is 4.74 Å². The van der Waals surface area contributed by atoms with E-state index in [1.165, 1.54) is 51.5 Å². The second-order valence-electron chi connectivity index (χ2n) is 6.52. The molecule has 0 bridgehead atoms. The Morgan fingerprint density at radius 3 is 2.45 bits per heavy atom. The summed E-state index contributed by atoms with van der Waals surface area (Å²) in [6.07, 6.45) is 10.9. The Labute approximate surface area is 126 Å². The van der Waals surface area contributed by atoms with E-state index < -0.39 is 0 Å². The molecule has 120 valence electrons. The fraction of sp³-hybridized carbons (Fsp3) is 1.00. The summed E-state index contributed by atoms with van der Waals surface area (Å²) in [6.45, 7) is 10.1. The van der Waals surface area contributed by atoms with Gasteiger partial charge in [-0.1, -0.05) is 39.5 Å². The van der Waals surface area contributed by atoms with Gasteiger partial charge in [0.15, 0.2) is 0 Å². The molecule has 0 saturated carbocycles. The minimum absolute atomic E-state index is 0.511. The molecule has 0 atom stereocenters. The van der Waals surface area contributed by atoms with Crippen LogP contribution < -0.4 is 10.6 Å². The van der Waals surface area contributed by atoms with Crippen LogP contribution in [0.5, 0.6) is 0 Å². The van der Waals surface area contributed by atoms with Gasteiger partial charge in [0, 0.05) is 6.61 Å². The summed E-state index contributed by atoms with van der Waals surface area (Å²) in [7, 11) is 0. The number of piperidine rings is 1. The number of hydrogen-bond acceptors (Lipinski definition) is 3. The number of hydrogen-bond donors (Lipinski definition) is 2. The maximum Gasteiger partial charge on any atom is 0.0599 e. The Hall–Kier alpha value is -0.120. The van der Waals surface area contributed by atoms with Gasteiger partial charge < -0.3 is 15.4 Å². The van der Waals surface area contributed by atoms with Crippen molar-refractivity contribution < 1.29 is 4.74 Å². The van der Waals surface area contributed by atoms with Crippen LogP contribution in [0, 0.1) is 5.92 Å². The molecule has 3 heteroatoms. The van der Waals surface area contributed by atoms with E-state index >= 15 is 0 Å². The number of rotatable bonds is 12. The number of unbranched alkanes of at least 4 members (excludes halogenated alkanes) is 3. The lowest BCUT2D eigenvalue weighted by atomic mass is 10.0. The maximum atomic E-state index is 5.88. The third-order valence-electron chi connectivity index (χ3n) is 4.02. The average molecular weight is 284 g/mol. The van der Waals surface area contributed by atoms with Crippen molar-refractivity contribution in [3.8, 4) is 0 Å². The predicted octanol–water partition coefficient (Wildman–Crippen LogP) is 3.34. The minimum atomic E-state index is 0.511. The molecule has 0 aromatic heterocycles. The van der Waals surface area contributed by atoms with Crippen molar-refractivity contribution in [3.63, 3.8) is 0 Å². The smallest absolute Gasteiger partial charge is 0.0599 e. The van der Waals surface area contributed by atoms with Crippen LogP contribution in [0.15, 0.2) is 0 Å². The van der Waals surface area contributed by atoms with Gasteiger partial charge in [-0.25, -0.2) is 0 Å². The molecule has 0 radical (unpaired) electrons. The molecule has 1 heterocycles. The Morgan fingerprint density at radius 1 is 1.00 bits per heavy atom. The van der Waals surface area contributed by atoms with E-state index in [0.717, 1.165) is 38.6 Å². The van der Waals surface area contributed by atoms with Crippen molar-refractivity contribution in [2.24, 2.45) is 5.92 Å². The fourth-order valence-electron chi connectivity index (χ4n) is 2.69. The van der Waals surface area contributed by atoms with Gasteiger partial charge in [-0.15, -0.1) is 0 Å². The van der Waals surface area contributed by atoms with E-state index in [2.05, 4.69) is 24.5 Å². The second kappa shape index (κ2) is 12.6. The van der Waals surface area contributed by atoms with E-state index in [1.807, 2.05) is 0 Å². The Balaban J connectivity index is 1.72. The predicted molar refractivity (Wildman–Crippen MR) is 87.3 cm³/mol. The van der Waals surface area contributed by atoms with Crippen molar-refractivity contribution in [1.82, 2.24) is 10.6 Å². The topological polar surface area (TPSA) is 33.3 Å². The van der Waals surface area contributed by atoms with Crippen molar-refractivity contribution in [3.05, 3.63) is 0 Å². The maximum absolute atomic E-state index is 5.88. The molecule has 20 heavy (non-hydrogen) atoms. The molecule has 0 aliphatic carbocycles. The van der Waals surface area contributed by atoms with Gasteiger partial charge in [-0.3, -0.25) is 0 Å². The number of ether oxygens (including phenoxy) is 1. The highest BCUT2D eigenvalue weighted by atomic mass is 16.5. The van der Waals surface area contributed by atoms with E-state index in [-0.39, 0.29) is 0 Å². The standard InChI is InChI=1S/C17H36N2O/c1-16(2)8-5-3-4-6-11-18-12-7-15-20-17-9-13-19-14-10-17/h16-19H,3-15H2,1-2H3. The zero-order chi connectivity index (χ0) is 14.5. The van der Waals surface area contributed by atoms with Crippen LogP contribution in [0.4, 0.5) is 0 Å². The number of nitrogens with one attached hydrogen (secondary N) is 2. The van der Waals surface area contributed by atoms with Crippen molar-refractivity contribution in [1.29, 1.82) is 0 Å². The zero-order valence-corrected chi connectivity index (χ0v) is 13.8. The van der Waals surface area contributed by atoms with Gasteiger partial charge in [-0.05, 0) is 57.8 Å². The molecular weight excluding hydrogens is 248 g/mol. The summed E-state index contributed by atoms with van der Waals surface area (Å²) in [4.78, 5) is 0. The molecular formula is C17H36N2O. The summed E-state index contributed by atoms with van der Waals surface area (Å²) in [5.74, 6) is 0.869. The van der Waals surface area contributed by atoms with Crippen LogP contribution >= 0.6 is 0 Å². The van der Waals surface area contributed by atoms with Gasteiger partial charge in [0.2, 0.25) is 0 Å². The highest BCUT2D eigenvalue weighted by molar-refractivity contribution is 4.68. The first kappa shape index (κ1) is 17.9. The summed E-state index contributed by atoms with van der Waals surface area (Å²) in [5, 5.41) is 6.90. The van der Waals surface area contributed by atoms with Crippen LogP contribution in [0.1, 0.15) is 65.2 Å². The molecule has 1 aliphatic rings. The average Bonchev–Trinajstić information content (AvgIpc) is 2.45. The molecule has 3 nitrogen and oxygen atoms in total. The Morgan fingerprint density at radius 2 is 1.70 bits per heavy atom. The third-order valence-corrected chi connectivity index (χ3v) is 4.02. The van der Waals surface area contributed by atoms with E-state index in [0.29, 0.717) is 6.10 Å². The third kappa shape index (κ3) is 10.6. The van der Waals surface area contributed by atoms with Gasteiger partial charge in [0.1, 0.15) is 0 Å². The van der Waals surface area contributed by atoms with Crippen LogP contribution in [0.2, 0.25) is 0 Å². The Bertz CT molecular complexity index is 203. The van der Waals surface area contributed by atoms with Crippen LogP contribution in [0.3, 0.4) is 0 Å². The Kier molecular flexibility index (Phi) is 11.3. The highest BCUT2D eigenvalue weighted by Crippen LogP contribution is 2.09. The van der Waals surface area contributed by atoms with Crippen molar-refractivity contribution >= 4 is 0 Å². The van der Waals surface area contributed by atoms with Crippen molar-refractivity contribution in [2.45, 2.75) is 71.3 Å². The highest BCUT2D eigenvalue weighted by Gasteiger charge is 2.12. The fourth-order valence-corrected chi connectivity index (χ4v) is 2.69. The molecule has 1 aliphatic heterocycles. The molecule has 0 spiro atoms. The molecule has 0 amide bonds. The largest absolute Gasteiger partial charge is 0.378 e. The van der Waals surface area contributed by atoms with E-state index in [1.54, 1.807) is 0 Å². The van der Waals surface area contributed by atoms with Gasteiger partial charge >= 0.3 is 0 Å². The second-order valence-corrected chi connectivity index (χ2v) is 6.52. The van der Waals surface area contributed by atoms with Gasteiger partial charge in [0.25, 0.3) is 0 Å². The molecule has 0 aromatic carbocycles. The quantitative estimate of drug-likeness (QED) is 0.539. The first-order valence-electron chi connectivity index (χ1n) is 8.82. The molecule has 1 rings (SSSR count). The summed E-state index contributed by atoms with van der Waals surface area (Å²) in [6, 6.07) is 0. The lowest BCUT2D eigenvalue weighted by Crippen LogP contribution is -2.33. The van der Waals surface area contributed by atoms with Crippen LogP contribution in [-0.4, -0.2) is 38.9 Å². The molecule has 0 unspecified atom stereocenters. The summed E-state index contributed by atoms with van der Waals surface area (Å²) >= 11 is 0. The SMILES string of the molecule is CC(C)CCCCCCNCCCOC1CCNCC1. The van der Waals surface area contributed by atoms with E-state index in [9.17, 15) is 0 Å². The first-order chi connectivity index (χ1) is 9.79. The normalized spacial score (nSPS) is 16.9. The summed E-state index contributed by atoms with van der Waals surface area (Å²) < 4.78 is 5.88. The minimum Gasteiger partial charge on any atom is -0.378 e. The molecule has 1 fully saturated rings. The molecule has 0 aromatic rings. The van der Waals surface area contributed by atoms with Crippen molar-refractivity contribution in [2.75, 3.05) is 32.8 Å².